The molecule has 0 aliphatic carbocycles. The zero-order valence-corrected chi connectivity index (χ0v) is 31.9. The minimum atomic E-state index is -6.13. The van der Waals surface area contributed by atoms with Gasteiger partial charge in [0.1, 0.15) is 6.15 Å². The fraction of sp³-hybridized carbons (Fsp3) is 0.237. The first-order valence-electron chi connectivity index (χ1n) is 17.1. The highest BCUT2D eigenvalue weighted by molar-refractivity contribution is 7.20. The maximum Gasteiger partial charge on any atom is 0.416 e. The number of allylic oxidation sites excluding steroid dienone is 1. The lowest BCUT2D eigenvalue weighted by Crippen LogP contribution is -2.75. The van der Waals surface area contributed by atoms with Crippen molar-refractivity contribution >= 4 is 39.3 Å². The topological polar surface area (TPSA) is 14.1 Å². The van der Waals surface area contributed by atoms with Gasteiger partial charge in [0.15, 0.2) is 6.20 Å². The maximum absolute atomic E-state index is 14.2. The number of H-pyrrole nitrogens is 1. The first kappa shape index (κ1) is 52.3. The molecule has 0 amide bonds. The molecule has 1 aromatic heterocycles. The van der Waals surface area contributed by atoms with Gasteiger partial charge < -0.3 is 0 Å². The number of thiazole rings is 1. The summed E-state index contributed by atoms with van der Waals surface area (Å²) >= 11 is 1.72. The molecule has 0 radical (unpaired) electrons. The van der Waals surface area contributed by atoms with Crippen molar-refractivity contribution in [3.63, 3.8) is 0 Å². The number of rotatable bonds is 6. The molecule has 0 fully saturated rings. The molecular formula is C38H20BF24NS. The van der Waals surface area contributed by atoms with Gasteiger partial charge in [-0.25, -0.2) is 4.98 Å². The van der Waals surface area contributed by atoms with Crippen molar-refractivity contribution in [2.24, 2.45) is 0 Å². The molecule has 1 heterocycles. The van der Waals surface area contributed by atoms with Crippen LogP contribution in [-0.2, 0) is 55.8 Å². The van der Waals surface area contributed by atoms with E-state index in [1.54, 1.807) is 11.3 Å². The molecule has 5 rings (SSSR count). The molecule has 0 spiro atoms. The molecule has 354 valence electrons. The first-order chi connectivity index (χ1) is 29.2. The van der Waals surface area contributed by atoms with Crippen molar-refractivity contribution in [3.8, 4) is 0 Å². The monoisotopic (exact) mass is 989 g/mol. The molecule has 0 aliphatic rings. The van der Waals surface area contributed by atoms with Crippen LogP contribution in [0.5, 0.6) is 0 Å². The van der Waals surface area contributed by atoms with Crippen molar-refractivity contribution in [1.29, 1.82) is 0 Å². The summed E-state index contributed by atoms with van der Waals surface area (Å²) in [5, 5.41) is 3.29. The molecule has 65 heavy (non-hydrogen) atoms. The summed E-state index contributed by atoms with van der Waals surface area (Å²) in [5.41, 5.74) is -30.2. The van der Waals surface area contributed by atoms with Crippen molar-refractivity contribution in [2.45, 2.75) is 55.8 Å². The first-order valence-corrected chi connectivity index (χ1v) is 18.0. The second-order valence-electron chi connectivity index (χ2n) is 13.7. The van der Waals surface area contributed by atoms with Gasteiger partial charge >= 0.3 is 49.4 Å². The van der Waals surface area contributed by atoms with Gasteiger partial charge in [0.05, 0.1) is 56.3 Å². The predicted octanol–water partition coefficient (Wildman–Crippen LogP) is 12.5. The van der Waals surface area contributed by atoms with E-state index in [-0.39, 0.29) is 0 Å². The van der Waals surface area contributed by atoms with Crippen LogP contribution in [-0.4, -0.2) is 6.15 Å². The fourth-order valence-corrected chi connectivity index (χ4v) is 7.24. The maximum atomic E-state index is 14.2. The minimum Gasteiger partial charge on any atom is -0.205 e. The van der Waals surface area contributed by atoms with Crippen LogP contribution in [0, 0.1) is 0 Å². The van der Waals surface area contributed by atoms with Gasteiger partial charge in [-0.05, 0) is 24.3 Å². The van der Waals surface area contributed by atoms with E-state index in [1.807, 2.05) is 17.7 Å². The lowest BCUT2D eigenvalue weighted by Gasteiger charge is -2.46. The molecule has 27 heteroatoms. The van der Waals surface area contributed by atoms with Crippen LogP contribution in [0.2, 0.25) is 0 Å². The number of aromatic nitrogens is 1. The number of nitrogens with one attached hydrogen (secondary N) is 1. The second kappa shape index (κ2) is 17.5. The lowest BCUT2D eigenvalue weighted by molar-refractivity contribution is -0.381. The van der Waals surface area contributed by atoms with E-state index >= 15 is 0 Å². The number of hydrogen-bond acceptors (Lipinski definition) is 1. The number of hydrogen-bond donors (Lipinski definition) is 0. The van der Waals surface area contributed by atoms with E-state index in [1.165, 1.54) is 5.01 Å². The van der Waals surface area contributed by atoms with Crippen LogP contribution in [0.25, 0.3) is 0 Å². The quantitative estimate of drug-likeness (QED) is 0.0914. The Hall–Kier alpha value is -5.37. The average Bonchev–Trinajstić information content (AvgIpc) is 3.66. The van der Waals surface area contributed by atoms with Gasteiger partial charge in [-0.1, -0.05) is 65.9 Å². The summed E-state index contributed by atoms with van der Waals surface area (Å²) in [6, 6.07) is -8.81. The summed E-state index contributed by atoms with van der Waals surface area (Å²) in [6.45, 7) is 3.62. The van der Waals surface area contributed by atoms with Crippen molar-refractivity contribution < 1.29 is 110 Å². The summed E-state index contributed by atoms with van der Waals surface area (Å²) in [6.07, 6.45) is -50.0. The predicted molar refractivity (Wildman–Crippen MR) is 185 cm³/mol. The number of halogens is 24. The Morgan fingerprint density at radius 2 is 0.569 bits per heavy atom. The van der Waals surface area contributed by atoms with E-state index in [0.29, 0.717) is 0 Å². The van der Waals surface area contributed by atoms with E-state index < -0.39 is 195 Å². The van der Waals surface area contributed by atoms with Crippen LogP contribution < -0.4 is 26.8 Å². The van der Waals surface area contributed by atoms with Gasteiger partial charge in [0.25, 0.3) is 0 Å². The molecule has 0 saturated heterocycles. The molecule has 5 aromatic rings. The number of benzene rings is 4. The van der Waals surface area contributed by atoms with Gasteiger partial charge in [-0.2, -0.15) is 127 Å². The van der Waals surface area contributed by atoms with Crippen LogP contribution in [0.4, 0.5) is 105 Å². The van der Waals surface area contributed by atoms with E-state index in [2.05, 4.69) is 11.6 Å². The third-order valence-corrected chi connectivity index (χ3v) is 10.1. The lowest BCUT2D eigenvalue weighted by atomic mass is 9.12. The van der Waals surface area contributed by atoms with E-state index in [9.17, 15) is 105 Å². The Bertz CT molecular complexity index is 2040. The molecule has 4 aromatic carbocycles. The zero-order chi connectivity index (χ0) is 49.7. The van der Waals surface area contributed by atoms with Crippen LogP contribution in [0.3, 0.4) is 0 Å². The van der Waals surface area contributed by atoms with Crippen molar-refractivity contribution in [2.75, 3.05) is 0 Å². The Morgan fingerprint density at radius 1 is 0.369 bits per heavy atom. The normalized spacial score (nSPS) is 13.7. The largest absolute Gasteiger partial charge is 0.416 e. The van der Waals surface area contributed by atoms with Crippen LogP contribution >= 0.6 is 11.3 Å². The van der Waals surface area contributed by atoms with Crippen LogP contribution in [0.1, 0.15) is 49.5 Å². The van der Waals surface area contributed by atoms with Crippen molar-refractivity contribution in [3.05, 3.63) is 147 Å². The van der Waals surface area contributed by atoms with Crippen LogP contribution in [0.15, 0.2) is 97.0 Å². The summed E-state index contributed by atoms with van der Waals surface area (Å²) in [5.74, 6) is 0. The Labute approximate surface area is 351 Å². The standard InChI is InChI=1S/C32H12BF24.C6H7NS/c34-25(35,36)13-1-14(26(37,38)39)6-21(5-13)33(22-7-15(27(40,41)42)2-16(8-22)28(43,44)45,23-9-17(29(46,47)48)3-18(10-23)30(49,50)51)24-11-19(31(52,53)54)4-20(12-24)32(55,56)57;1-2-3-6-7-4-5-8-6/h1-12H;2,4-5H,1,3H2/q-1;/p+1. The summed E-state index contributed by atoms with van der Waals surface area (Å²) in [4.78, 5) is 3.09. The highest BCUT2D eigenvalue weighted by atomic mass is 32.1. The molecule has 0 unspecified atom stereocenters. The zero-order valence-electron chi connectivity index (χ0n) is 31.1. The molecule has 0 aliphatic heterocycles. The number of aromatic amines is 1. The SMILES string of the molecule is C=CCc1[nH+]ccs1.FC(F)(F)c1cc([B-](c2cc(C(F)(F)F)cc(C(F)(F)F)c2)(c2cc(C(F)(F)F)cc(C(F)(F)F)c2)c2cc(C(F)(F)F)cc(C(F)(F)F)c2)cc(C(F)(F)F)c1. The van der Waals surface area contributed by atoms with E-state index in [4.69, 9.17) is 0 Å². The summed E-state index contributed by atoms with van der Waals surface area (Å²) < 4.78 is 341. The molecular weight excluding hydrogens is 969 g/mol. The Balaban J connectivity index is 0.00000104. The molecule has 0 atom stereocenters. The highest BCUT2D eigenvalue weighted by Crippen LogP contribution is 2.41. The molecule has 1 nitrogen and oxygen atoms in total. The Kier molecular flexibility index (Phi) is 14.0. The van der Waals surface area contributed by atoms with E-state index in [0.717, 1.165) is 6.42 Å². The van der Waals surface area contributed by atoms with Gasteiger partial charge in [-0.3, -0.25) is 0 Å². The summed E-state index contributed by atoms with van der Waals surface area (Å²) in [7, 11) is 0. The Morgan fingerprint density at radius 3 is 0.708 bits per heavy atom. The highest BCUT2D eigenvalue weighted by Gasteiger charge is 2.47. The fourth-order valence-electron chi connectivity index (χ4n) is 6.59. The third kappa shape index (κ3) is 12.1. The number of alkyl halides is 24. The second-order valence-corrected chi connectivity index (χ2v) is 14.7. The average molecular weight is 989 g/mol. The molecule has 0 saturated carbocycles. The molecule has 1 N–H and O–H groups in total. The third-order valence-electron chi connectivity index (χ3n) is 9.29. The molecule has 0 bridgehead atoms. The van der Waals surface area contributed by atoms with Gasteiger partial charge in [0.2, 0.25) is 5.01 Å². The van der Waals surface area contributed by atoms with Gasteiger partial charge in [0, 0.05) is 0 Å². The van der Waals surface area contributed by atoms with Gasteiger partial charge in [-0.15, -0.1) is 6.58 Å². The smallest absolute Gasteiger partial charge is 0.205 e. The van der Waals surface area contributed by atoms with Crippen molar-refractivity contribution in [1.82, 2.24) is 0 Å². The minimum absolute atomic E-state index is 0.691.